The Morgan fingerprint density at radius 1 is 1.50 bits per heavy atom. The van der Waals surface area contributed by atoms with Crippen LogP contribution in [0.1, 0.15) is 29.0 Å². The van der Waals surface area contributed by atoms with Gasteiger partial charge in [0.1, 0.15) is 5.82 Å². The lowest BCUT2D eigenvalue weighted by molar-refractivity contribution is 0.625. The molecule has 0 fully saturated rings. The van der Waals surface area contributed by atoms with E-state index in [0.717, 1.165) is 16.1 Å². The molecule has 2 rings (SSSR count). The predicted molar refractivity (Wildman–Crippen MR) is 77.9 cm³/mol. The SMILES string of the molecule is Cc1nc(N)sc1C(C)c1c(Cl)cc(F)cc1Br. The highest BCUT2D eigenvalue weighted by Gasteiger charge is 2.20. The van der Waals surface area contributed by atoms with Gasteiger partial charge in [-0.15, -0.1) is 11.3 Å². The van der Waals surface area contributed by atoms with Crippen molar-refractivity contribution in [3.05, 3.63) is 43.6 Å². The summed E-state index contributed by atoms with van der Waals surface area (Å²) in [6.45, 7) is 3.91. The van der Waals surface area contributed by atoms with E-state index in [1.165, 1.54) is 23.5 Å². The number of aryl methyl sites for hydroxylation is 1. The van der Waals surface area contributed by atoms with E-state index in [0.29, 0.717) is 14.6 Å². The van der Waals surface area contributed by atoms with Crippen molar-refractivity contribution in [1.29, 1.82) is 0 Å². The summed E-state index contributed by atoms with van der Waals surface area (Å²) in [7, 11) is 0. The molecule has 0 saturated carbocycles. The Labute approximate surface area is 122 Å². The first-order valence-corrected chi connectivity index (χ1v) is 7.26. The van der Waals surface area contributed by atoms with Gasteiger partial charge in [0.2, 0.25) is 0 Å². The number of nitrogens with zero attached hydrogens (tertiary/aromatic N) is 1. The van der Waals surface area contributed by atoms with Crippen molar-refractivity contribution < 1.29 is 4.39 Å². The second-order valence-electron chi connectivity index (χ2n) is 4.01. The maximum atomic E-state index is 13.2. The summed E-state index contributed by atoms with van der Waals surface area (Å²) in [5.74, 6) is -0.342. The van der Waals surface area contributed by atoms with Crippen LogP contribution in [0.15, 0.2) is 16.6 Å². The van der Waals surface area contributed by atoms with Gasteiger partial charge in [-0.05, 0) is 24.6 Å². The molecule has 0 aliphatic rings. The number of aromatic nitrogens is 1. The fourth-order valence-electron chi connectivity index (χ4n) is 1.93. The summed E-state index contributed by atoms with van der Waals surface area (Å²) < 4.78 is 13.9. The zero-order valence-corrected chi connectivity index (χ0v) is 13.0. The number of thiazole rings is 1. The zero-order valence-electron chi connectivity index (χ0n) is 9.80. The van der Waals surface area contributed by atoms with E-state index < -0.39 is 0 Å². The standard InChI is InChI=1S/C12H11BrClFN2S/c1-5(11-6(2)17-12(16)18-11)10-8(13)3-7(15)4-9(10)14/h3-5H,1-2H3,(H2,16,17). The number of nitrogens with two attached hydrogens (primary N) is 1. The van der Waals surface area contributed by atoms with Crippen LogP contribution in [0.3, 0.4) is 0 Å². The van der Waals surface area contributed by atoms with Crippen LogP contribution in [-0.4, -0.2) is 4.98 Å². The monoisotopic (exact) mass is 348 g/mol. The largest absolute Gasteiger partial charge is 0.375 e. The molecule has 2 nitrogen and oxygen atoms in total. The van der Waals surface area contributed by atoms with E-state index in [4.69, 9.17) is 17.3 Å². The molecule has 0 radical (unpaired) electrons. The maximum absolute atomic E-state index is 13.2. The van der Waals surface area contributed by atoms with Crippen LogP contribution < -0.4 is 5.73 Å². The van der Waals surface area contributed by atoms with Crippen molar-refractivity contribution in [2.24, 2.45) is 0 Å². The molecule has 1 heterocycles. The number of hydrogen-bond donors (Lipinski definition) is 1. The zero-order chi connectivity index (χ0) is 13.4. The van der Waals surface area contributed by atoms with Crippen molar-refractivity contribution >= 4 is 44.0 Å². The van der Waals surface area contributed by atoms with E-state index in [1.54, 1.807) is 0 Å². The van der Waals surface area contributed by atoms with Gasteiger partial charge in [-0.1, -0.05) is 34.5 Å². The van der Waals surface area contributed by atoms with Crippen molar-refractivity contribution in [2.45, 2.75) is 19.8 Å². The first kappa shape index (κ1) is 13.8. The predicted octanol–water partition coefficient (Wildman–Crippen LogP) is 4.74. The molecule has 0 saturated heterocycles. The van der Waals surface area contributed by atoms with Crippen LogP contribution in [0, 0.1) is 12.7 Å². The highest BCUT2D eigenvalue weighted by atomic mass is 79.9. The molecule has 1 aromatic heterocycles. The van der Waals surface area contributed by atoms with E-state index in [1.807, 2.05) is 13.8 Å². The Bertz CT molecular complexity index is 577. The fourth-order valence-corrected chi connectivity index (χ4v) is 4.08. The third-order valence-corrected chi connectivity index (χ3v) is 4.86. The number of anilines is 1. The average Bonchev–Trinajstić information content (AvgIpc) is 2.56. The molecule has 0 spiro atoms. The second kappa shape index (κ2) is 5.15. The smallest absolute Gasteiger partial charge is 0.180 e. The van der Waals surface area contributed by atoms with E-state index in [2.05, 4.69) is 20.9 Å². The van der Waals surface area contributed by atoms with Gasteiger partial charge in [-0.2, -0.15) is 0 Å². The molecule has 0 amide bonds. The summed E-state index contributed by atoms with van der Waals surface area (Å²) in [5, 5.41) is 0.935. The number of hydrogen-bond acceptors (Lipinski definition) is 3. The summed E-state index contributed by atoms with van der Waals surface area (Å²) >= 11 is 10.9. The lowest BCUT2D eigenvalue weighted by atomic mass is 9.98. The summed E-state index contributed by atoms with van der Waals surface area (Å²) in [4.78, 5) is 5.24. The molecule has 0 aliphatic carbocycles. The van der Waals surface area contributed by atoms with Crippen LogP contribution >= 0.6 is 38.9 Å². The van der Waals surface area contributed by atoms with Crippen LogP contribution in [-0.2, 0) is 0 Å². The van der Waals surface area contributed by atoms with Gasteiger partial charge in [0.05, 0.1) is 5.69 Å². The van der Waals surface area contributed by atoms with Crippen molar-refractivity contribution in [3.8, 4) is 0 Å². The molecular weight excluding hydrogens is 339 g/mol. The molecule has 2 N–H and O–H groups in total. The van der Waals surface area contributed by atoms with E-state index in [-0.39, 0.29) is 11.7 Å². The average molecular weight is 350 g/mol. The molecule has 18 heavy (non-hydrogen) atoms. The third-order valence-electron chi connectivity index (χ3n) is 2.72. The first-order valence-electron chi connectivity index (χ1n) is 5.27. The number of halogens is 3. The Hall–Kier alpha value is -0.650. The van der Waals surface area contributed by atoms with Crippen LogP contribution in [0.25, 0.3) is 0 Å². The van der Waals surface area contributed by atoms with Gasteiger partial charge in [0.25, 0.3) is 0 Å². The molecule has 1 unspecified atom stereocenters. The highest BCUT2D eigenvalue weighted by Crippen LogP contribution is 2.39. The first-order chi connectivity index (χ1) is 8.40. The van der Waals surface area contributed by atoms with Gasteiger partial charge in [0, 0.05) is 20.3 Å². The molecule has 96 valence electrons. The highest BCUT2D eigenvalue weighted by molar-refractivity contribution is 9.10. The molecule has 0 aliphatic heterocycles. The van der Waals surface area contributed by atoms with Crippen LogP contribution in [0.5, 0.6) is 0 Å². The minimum absolute atomic E-state index is 0.0160. The van der Waals surface area contributed by atoms with Gasteiger partial charge < -0.3 is 5.73 Å². The fraction of sp³-hybridized carbons (Fsp3) is 0.250. The normalized spacial score (nSPS) is 12.7. The molecule has 2 aromatic rings. The van der Waals surface area contributed by atoms with Gasteiger partial charge >= 0.3 is 0 Å². The minimum Gasteiger partial charge on any atom is -0.375 e. The maximum Gasteiger partial charge on any atom is 0.180 e. The number of nitrogen functional groups attached to an aromatic ring is 1. The van der Waals surface area contributed by atoms with Gasteiger partial charge in [0.15, 0.2) is 5.13 Å². The number of rotatable bonds is 2. The Balaban J connectivity index is 2.52. The Kier molecular flexibility index (Phi) is 3.94. The lowest BCUT2D eigenvalue weighted by Crippen LogP contribution is -1.99. The van der Waals surface area contributed by atoms with Crippen LogP contribution in [0.4, 0.5) is 9.52 Å². The summed E-state index contributed by atoms with van der Waals surface area (Å²) in [6.07, 6.45) is 0. The van der Waals surface area contributed by atoms with E-state index in [9.17, 15) is 4.39 Å². The van der Waals surface area contributed by atoms with E-state index >= 15 is 0 Å². The molecule has 6 heteroatoms. The van der Waals surface area contributed by atoms with Gasteiger partial charge in [-0.3, -0.25) is 0 Å². The molecule has 0 bridgehead atoms. The second-order valence-corrected chi connectivity index (χ2v) is 6.33. The molecule has 1 atom stereocenters. The van der Waals surface area contributed by atoms with Crippen LogP contribution in [0.2, 0.25) is 5.02 Å². The minimum atomic E-state index is -0.358. The summed E-state index contributed by atoms with van der Waals surface area (Å²) in [5.41, 5.74) is 7.44. The van der Waals surface area contributed by atoms with Gasteiger partial charge in [-0.25, -0.2) is 9.37 Å². The van der Waals surface area contributed by atoms with Crippen molar-refractivity contribution in [3.63, 3.8) is 0 Å². The molecule has 1 aromatic carbocycles. The third kappa shape index (κ3) is 2.53. The lowest BCUT2D eigenvalue weighted by Gasteiger charge is -2.15. The van der Waals surface area contributed by atoms with Crippen molar-refractivity contribution in [1.82, 2.24) is 4.98 Å². The summed E-state index contributed by atoms with van der Waals surface area (Å²) in [6, 6.07) is 2.73. The Morgan fingerprint density at radius 2 is 2.17 bits per heavy atom. The Morgan fingerprint density at radius 3 is 2.67 bits per heavy atom. The van der Waals surface area contributed by atoms with Crippen molar-refractivity contribution in [2.75, 3.05) is 5.73 Å². The molecular formula is C12H11BrClFN2S. The number of benzene rings is 1. The topological polar surface area (TPSA) is 38.9 Å². The quantitative estimate of drug-likeness (QED) is 0.850.